The van der Waals surface area contributed by atoms with Gasteiger partial charge in [-0.25, -0.2) is 0 Å². The molecule has 0 bridgehead atoms. The number of halogens is 1. The van der Waals surface area contributed by atoms with Crippen LogP contribution in [-0.4, -0.2) is 28.8 Å². The number of carbonyl (C=O) groups is 2. The van der Waals surface area contributed by atoms with Gasteiger partial charge in [-0.15, -0.1) is 0 Å². The lowest BCUT2D eigenvalue weighted by molar-refractivity contribution is -0.151. The summed E-state index contributed by atoms with van der Waals surface area (Å²) >= 11 is 5.90. The summed E-state index contributed by atoms with van der Waals surface area (Å²) in [6, 6.07) is 6.75. The van der Waals surface area contributed by atoms with Crippen LogP contribution in [0, 0.1) is 5.92 Å². The number of nitrogens with one attached hydrogen (secondary N) is 1. The van der Waals surface area contributed by atoms with Gasteiger partial charge in [0.2, 0.25) is 11.8 Å². The van der Waals surface area contributed by atoms with Gasteiger partial charge in [-0.2, -0.15) is 0 Å². The third-order valence-electron chi connectivity index (χ3n) is 4.25. The highest BCUT2D eigenvalue weighted by molar-refractivity contribution is 6.30. The fourth-order valence-corrected chi connectivity index (χ4v) is 3.04. The summed E-state index contributed by atoms with van der Waals surface area (Å²) in [5.74, 6) is 0.348. The van der Waals surface area contributed by atoms with Crippen LogP contribution in [0.5, 0.6) is 0 Å². The van der Waals surface area contributed by atoms with Crippen LogP contribution in [0.1, 0.15) is 31.7 Å². The highest BCUT2D eigenvalue weighted by atomic mass is 35.5. The summed E-state index contributed by atoms with van der Waals surface area (Å²) in [7, 11) is 0. The molecule has 0 spiro atoms. The Morgan fingerprint density at radius 1 is 1.24 bits per heavy atom. The van der Waals surface area contributed by atoms with E-state index in [0.29, 0.717) is 23.9 Å². The smallest absolute Gasteiger partial charge is 0.246 e. The van der Waals surface area contributed by atoms with E-state index in [2.05, 4.69) is 5.32 Å². The van der Waals surface area contributed by atoms with Crippen molar-refractivity contribution >= 4 is 23.4 Å². The number of hydrogen-bond donors (Lipinski definition) is 1. The molecule has 2 aliphatic rings. The Bertz CT molecular complexity index is 554. The molecule has 4 nitrogen and oxygen atoms in total. The van der Waals surface area contributed by atoms with Gasteiger partial charge in [0.25, 0.3) is 0 Å². The topological polar surface area (TPSA) is 49.4 Å². The minimum atomic E-state index is -0.389. The van der Waals surface area contributed by atoms with Crippen molar-refractivity contribution in [3.8, 4) is 0 Å². The third-order valence-corrected chi connectivity index (χ3v) is 4.50. The first kappa shape index (κ1) is 14.4. The summed E-state index contributed by atoms with van der Waals surface area (Å²) in [5, 5.41) is 3.53. The van der Waals surface area contributed by atoms with E-state index in [1.807, 2.05) is 31.2 Å². The highest BCUT2D eigenvalue weighted by Gasteiger charge is 2.47. The number of carbonyl (C=O) groups excluding carboxylic acids is 2. The largest absolute Gasteiger partial charge is 0.343 e. The Morgan fingerprint density at radius 2 is 1.90 bits per heavy atom. The summed E-state index contributed by atoms with van der Waals surface area (Å²) in [5.41, 5.74) is 1.00. The number of nitrogens with zero attached hydrogens (tertiary/aromatic N) is 1. The Labute approximate surface area is 129 Å². The van der Waals surface area contributed by atoms with Gasteiger partial charge in [0.1, 0.15) is 12.1 Å². The maximum absolute atomic E-state index is 12.6. The highest BCUT2D eigenvalue weighted by Crippen LogP contribution is 2.37. The molecule has 0 radical (unpaired) electrons. The van der Waals surface area contributed by atoms with Crippen molar-refractivity contribution in [1.29, 1.82) is 0 Å². The lowest BCUT2D eigenvalue weighted by Gasteiger charge is -2.39. The summed E-state index contributed by atoms with van der Waals surface area (Å²) in [6.45, 7) is 2.39. The molecule has 1 aromatic rings. The van der Waals surface area contributed by atoms with E-state index >= 15 is 0 Å². The average molecular weight is 307 g/mol. The first-order valence-corrected chi connectivity index (χ1v) is 7.83. The Hall–Kier alpha value is -1.55. The molecule has 2 amide bonds. The second-order valence-electron chi connectivity index (χ2n) is 5.84. The molecule has 0 aromatic heterocycles. The van der Waals surface area contributed by atoms with Crippen LogP contribution >= 0.6 is 11.6 Å². The predicted molar refractivity (Wildman–Crippen MR) is 80.7 cm³/mol. The van der Waals surface area contributed by atoms with Crippen molar-refractivity contribution in [3.63, 3.8) is 0 Å². The molecule has 1 heterocycles. The van der Waals surface area contributed by atoms with Gasteiger partial charge in [-0.05, 0) is 42.9 Å². The number of benzene rings is 1. The van der Waals surface area contributed by atoms with Crippen LogP contribution in [0.4, 0.5) is 0 Å². The molecule has 112 valence electrons. The third kappa shape index (κ3) is 2.91. The van der Waals surface area contributed by atoms with Gasteiger partial charge in [0.15, 0.2) is 0 Å². The van der Waals surface area contributed by atoms with E-state index < -0.39 is 0 Å². The van der Waals surface area contributed by atoms with Crippen LogP contribution < -0.4 is 5.32 Å². The Kier molecular flexibility index (Phi) is 3.89. The number of hydrogen-bond acceptors (Lipinski definition) is 2. The second kappa shape index (κ2) is 5.68. The average Bonchev–Trinajstić information content (AvgIpc) is 3.29. The Balaban J connectivity index is 1.84. The molecule has 2 fully saturated rings. The van der Waals surface area contributed by atoms with Crippen molar-refractivity contribution in [2.24, 2.45) is 5.92 Å². The van der Waals surface area contributed by atoms with Crippen molar-refractivity contribution in [1.82, 2.24) is 10.2 Å². The molecule has 21 heavy (non-hydrogen) atoms. The van der Waals surface area contributed by atoms with E-state index in [0.717, 1.165) is 18.4 Å². The number of amides is 2. The minimum absolute atomic E-state index is 0.00193. The lowest BCUT2D eigenvalue weighted by Crippen LogP contribution is -2.63. The van der Waals surface area contributed by atoms with Crippen molar-refractivity contribution in [2.45, 2.75) is 44.8 Å². The van der Waals surface area contributed by atoms with Crippen molar-refractivity contribution in [2.75, 3.05) is 0 Å². The molecule has 2 unspecified atom stereocenters. The maximum atomic E-state index is 12.6. The molecule has 5 heteroatoms. The molecule has 1 saturated heterocycles. The standard InChI is InChI=1S/C16H19ClN2O2/c1-2-13-16(21)19(9-10-3-7-12(17)8-4-10)14(11-5-6-11)15(20)18-13/h3-4,7-8,11,13-14H,2,5-6,9H2,1H3,(H,18,20). The molecule has 3 rings (SSSR count). The van der Waals surface area contributed by atoms with E-state index in [4.69, 9.17) is 11.6 Å². The zero-order valence-corrected chi connectivity index (χ0v) is 12.8. The van der Waals surface area contributed by atoms with Gasteiger partial charge in [0, 0.05) is 11.6 Å². The van der Waals surface area contributed by atoms with Crippen LogP contribution in [0.2, 0.25) is 5.02 Å². The van der Waals surface area contributed by atoms with Crippen molar-refractivity contribution < 1.29 is 9.59 Å². The van der Waals surface area contributed by atoms with E-state index in [-0.39, 0.29) is 23.9 Å². The monoisotopic (exact) mass is 306 g/mol. The fourth-order valence-electron chi connectivity index (χ4n) is 2.92. The molecular formula is C16H19ClN2O2. The van der Waals surface area contributed by atoms with E-state index in [1.165, 1.54) is 0 Å². The normalized spacial score (nSPS) is 25.9. The zero-order chi connectivity index (χ0) is 15.0. The van der Waals surface area contributed by atoms with E-state index in [9.17, 15) is 9.59 Å². The molecule has 1 aromatic carbocycles. The van der Waals surface area contributed by atoms with Crippen LogP contribution in [0.3, 0.4) is 0 Å². The van der Waals surface area contributed by atoms with Crippen molar-refractivity contribution in [3.05, 3.63) is 34.9 Å². The molecule has 1 aliphatic carbocycles. The van der Waals surface area contributed by atoms with Crippen LogP contribution in [0.15, 0.2) is 24.3 Å². The van der Waals surface area contributed by atoms with Gasteiger partial charge in [-0.3, -0.25) is 9.59 Å². The molecule has 2 atom stereocenters. The predicted octanol–water partition coefficient (Wildman–Crippen LogP) is 2.36. The lowest BCUT2D eigenvalue weighted by atomic mass is 10.0. The van der Waals surface area contributed by atoms with Gasteiger partial charge >= 0.3 is 0 Å². The molecule has 1 saturated carbocycles. The zero-order valence-electron chi connectivity index (χ0n) is 12.0. The fraction of sp³-hybridized carbons (Fsp3) is 0.500. The molecule has 1 N–H and O–H groups in total. The van der Waals surface area contributed by atoms with Gasteiger partial charge < -0.3 is 10.2 Å². The quantitative estimate of drug-likeness (QED) is 0.928. The Morgan fingerprint density at radius 3 is 2.48 bits per heavy atom. The number of piperazine rings is 1. The maximum Gasteiger partial charge on any atom is 0.246 e. The van der Waals surface area contributed by atoms with Gasteiger partial charge in [-0.1, -0.05) is 30.7 Å². The SMILES string of the molecule is CCC1NC(=O)C(C2CC2)N(Cc2ccc(Cl)cc2)C1=O. The first-order chi connectivity index (χ1) is 10.1. The summed E-state index contributed by atoms with van der Waals surface area (Å²) < 4.78 is 0. The first-order valence-electron chi connectivity index (χ1n) is 7.45. The van der Waals surface area contributed by atoms with Gasteiger partial charge in [0.05, 0.1) is 0 Å². The van der Waals surface area contributed by atoms with Crippen LogP contribution in [-0.2, 0) is 16.1 Å². The summed E-state index contributed by atoms with van der Waals surface area (Å²) in [4.78, 5) is 26.7. The second-order valence-corrected chi connectivity index (χ2v) is 6.28. The summed E-state index contributed by atoms with van der Waals surface area (Å²) in [6.07, 6.45) is 2.68. The molecule has 1 aliphatic heterocycles. The van der Waals surface area contributed by atoms with E-state index in [1.54, 1.807) is 4.90 Å². The number of rotatable bonds is 4. The van der Waals surface area contributed by atoms with Crippen LogP contribution in [0.25, 0.3) is 0 Å². The molecular weight excluding hydrogens is 288 g/mol. The minimum Gasteiger partial charge on any atom is -0.343 e.